The minimum absolute atomic E-state index is 0.0105. The topological polar surface area (TPSA) is 63.6 Å². The Morgan fingerprint density at radius 3 is 2.36 bits per heavy atom. The lowest BCUT2D eigenvalue weighted by Gasteiger charge is -2.20. The van der Waals surface area contributed by atoms with Crippen molar-refractivity contribution in [3.8, 4) is 5.75 Å². The predicted octanol–water partition coefficient (Wildman–Crippen LogP) is 3.83. The molecule has 2 unspecified atom stereocenters. The van der Waals surface area contributed by atoms with Crippen molar-refractivity contribution in [2.24, 2.45) is 5.92 Å². The van der Waals surface area contributed by atoms with Crippen LogP contribution in [0.5, 0.6) is 5.75 Å². The van der Waals surface area contributed by atoms with Gasteiger partial charge in [0.25, 0.3) is 0 Å². The molecule has 1 aromatic carbocycles. The maximum Gasteiger partial charge on any atom is 0.425 e. The summed E-state index contributed by atoms with van der Waals surface area (Å²) < 4.78 is 62.7. The molecule has 0 aliphatic heterocycles. The lowest BCUT2D eigenvalue weighted by atomic mass is 10.0. The smallest absolute Gasteiger partial charge is 0.425 e. The van der Waals surface area contributed by atoms with Crippen molar-refractivity contribution in [3.05, 3.63) is 23.8 Å². The number of ether oxygens (including phenoxy) is 1. The SMILES string of the molecule is CC(C)CC(=O)c1cc(S(=O)O)ccc1OC(C)C(F)(F)F. The van der Waals surface area contributed by atoms with Crippen molar-refractivity contribution < 1.29 is 31.5 Å². The fourth-order valence-corrected chi connectivity index (χ4v) is 2.08. The molecule has 0 aliphatic carbocycles. The summed E-state index contributed by atoms with van der Waals surface area (Å²) in [5.41, 5.74) is -0.121. The zero-order valence-corrected chi connectivity index (χ0v) is 13.1. The molecule has 0 aromatic heterocycles. The Bertz CT molecular complexity index is 570. The van der Waals surface area contributed by atoms with Gasteiger partial charge in [-0.15, -0.1) is 0 Å². The standard InChI is InChI=1S/C14H17F3O4S/c1-8(2)6-12(18)11-7-10(22(19)20)4-5-13(11)21-9(3)14(15,16)17/h4-5,7-9H,6H2,1-3H3,(H,19,20). The first-order chi connectivity index (χ1) is 10.0. The zero-order valence-electron chi connectivity index (χ0n) is 12.3. The Morgan fingerprint density at radius 1 is 1.32 bits per heavy atom. The molecule has 2 atom stereocenters. The number of hydrogen-bond donors (Lipinski definition) is 1. The van der Waals surface area contributed by atoms with Crippen LogP contribution in [0, 0.1) is 5.92 Å². The van der Waals surface area contributed by atoms with E-state index in [9.17, 15) is 22.2 Å². The van der Waals surface area contributed by atoms with Crippen molar-refractivity contribution in [3.63, 3.8) is 0 Å². The van der Waals surface area contributed by atoms with Crippen LogP contribution < -0.4 is 4.74 Å². The molecule has 0 saturated heterocycles. The van der Waals surface area contributed by atoms with Gasteiger partial charge in [-0.3, -0.25) is 4.79 Å². The van der Waals surface area contributed by atoms with Crippen LogP contribution in [0.15, 0.2) is 23.1 Å². The second-order valence-electron chi connectivity index (χ2n) is 5.23. The van der Waals surface area contributed by atoms with Crippen molar-refractivity contribution in [2.45, 2.75) is 44.4 Å². The van der Waals surface area contributed by atoms with E-state index < -0.39 is 29.1 Å². The Labute approximate surface area is 129 Å². The van der Waals surface area contributed by atoms with Crippen LogP contribution in [0.3, 0.4) is 0 Å². The van der Waals surface area contributed by atoms with Crippen molar-refractivity contribution >= 4 is 16.9 Å². The quantitative estimate of drug-likeness (QED) is 0.632. The van der Waals surface area contributed by atoms with Gasteiger partial charge in [-0.25, -0.2) is 4.21 Å². The molecule has 8 heteroatoms. The van der Waals surface area contributed by atoms with E-state index >= 15 is 0 Å². The highest BCUT2D eigenvalue weighted by atomic mass is 32.2. The molecule has 0 bridgehead atoms. The maximum atomic E-state index is 12.6. The molecule has 0 fully saturated rings. The molecule has 1 N–H and O–H groups in total. The highest BCUT2D eigenvalue weighted by molar-refractivity contribution is 7.79. The number of ketones is 1. The third-order valence-corrected chi connectivity index (χ3v) is 3.47. The van der Waals surface area contributed by atoms with Gasteiger partial charge in [-0.05, 0) is 31.0 Å². The summed E-state index contributed by atoms with van der Waals surface area (Å²) in [5, 5.41) is 0. The largest absolute Gasteiger partial charge is 0.480 e. The summed E-state index contributed by atoms with van der Waals surface area (Å²) in [5.74, 6) is -0.694. The predicted molar refractivity (Wildman–Crippen MR) is 75.4 cm³/mol. The van der Waals surface area contributed by atoms with Gasteiger partial charge in [-0.1, -0.05) is 13.8 Å². The van der Waals surface area contributed by atoms with E-state index in [4.69, 9.17) is 9.29 Å². The third-order valence-electron chi connectivity index (χ3n) is 2.81. The van der Waals surface area contributed by atoms with Gasteiger partial charge >= 0.3 is 6.18 Å². The van der Waals surface area contributed by atoms with Crippen LogP contribution in [0.4, 0.5) is 13.2 Å². The number of hydrogen-bond acceptors (Lipinski definition) is 3. The second-order valence-corrected chi connectivity index (χ2v) is 6.20. The van der Waals surface area contributed by atoms with Gasteiger partial charge in [0, 0.05) is 6.42 Å². The molecule has 4 nitrogen and oxygen atoms in total. The van der Waals surface area contributed by atoms with Gasteiger partial charge < -0.3 is 9.29 Å². The highest BCUT2D eigenvalue weighted by Gasteiger charge is 2.38. The summed E-state index contributed by atoms with van der Waals surface area (Å²) >= 11 is -2.34. The average Bonchev–Trinajstić information content (AvgIpc) is 2.36. The van der Waals surface area contributed by atoms with Gasteiger partial charge in [0.1, 0.15) is 5.75 Å². The van der Waals surface area contributed by atoms with E-state index in [2.05, 4.69) is 0 Å². The first kappa shape index (κ1) is 18.6. The summed E-state index contributed by atoms with van der Waals surface area (Å²) in [6.45, 7) is 4.39. The van der Waals surface area contributed by atoms with E-state index in [0.717, 1.165) is 25.1 Å². The first-order valence-corrected chi connectivity index (χ1v) is 7.64. The molecule has 1 rings (SSSR count). The van der Waals surface area contributed by atoms with Gasteiger partial charge in [-0.2, -0.15) is 13.2 Å². The van der Waals surface area contributed by atoms with Crippen LogP contribution in [-0.4, -0.2) is 26.8 Å². The van der Waals surface area contributed by atoms with Crippen LogP contribution in [0.1, 0.15) is 37.6 Å². The van der Waals surface area contributed by atoms with Crippen molar-refractivity contribution in [1.29, 1.82) is 0 Å². The lowest BCUT2D eigenvalue weighted by molar-refractivity contribution is -0.189. The molecular formula is C14H17F3O4S. The summed E-state index contributed by atoms with van der Waals surface area (Å²) in [6, 6.07) is 3.36. The Morgan fingerprint density at radius 2 is 1.91 bits per heavy atom. The molecule has 0 heterocycles. The highest BCUT2D eigenvalue weighted by Crippen LogP contribution is 2.29. The molecule has 124 valence electrons. The van der Waals surface area contributed by atoms with Crippen LogP contribution in [0.2, 0.25) is 0 Å². The van der Waals surface area contributed by atoms with E-state index in [1.165, 1.54) is 0 Å². The number of rotatable bonds is 6. The number of Topliss-reactive ketones (excluding diaryl/α,β-unsaturated/α-hetero) is 1. The van der Waals surface area contributed by atoms with Gasteiger partial charge in [0.05, 0.1) is 10.5 Å². The molecular weight excluding hydrogens is 321 g/mol. The molecule has 0 amide bonds. The lowest BCUT2D eigenvalue weighted by Crippen LogP contribution is -2.31. The molecule has 0 saturated carbocycles. The Balaban J connectivity index is 3.20. The minimum atomic E-state index is -4.57. The fraction of sp³-hybridized carbons (Fsp3) is 0.500. The van der Waals surface area contributed by atoms with Crippen molar-refractivity contribution in [1.82, 2.24) is 0 Å². The third kappa shape index (κ3) is 5.10. The molecule has 0 aliphatic rings. The number of benzene rings is 1. The Hall–Kier alpha value is -1.41. The zero-order chi connectivity index (χ0) is 17.1. The van der Waals surface area contributed by atoms with Crippen LogP contribution in [-0.2, 0) is 11.1 Å². The summed E-state index contributed by atoms with van der Waals surface area (Å²) in [6.07, 6.45) is -6.57. The summed E-state index contributed by atoms with van der Waals surface area (Å²) in [7, 11) is 0. The maximum absolute atomic E-state index is 12.6. The average molecular weight is 338 g/mol. The number of halogens is 3. The Kier molecular flexibility index (Phi) is 6.13. The number of alkyl halides is 3. The summed E-state index contributed by atoms with van der Waals surface area (Å²) in [4.78, 5) is 12.1. The van der Waals surface area contributed by atoms with E-state index in [1.54, 1.807) is 13.8 Å². The monoisotopic (exact) mass is 338 g/mol. The molecule has 22 heavy (non-hydrogen) atoms. The molecule has 0 radical (unpaired) electrons. The van der Waals surface area contributed by atoms with E-state index in [1.807, 2.05) is 0 Å². The molecule has 1 aromatic rings. The van der Waals surface area contributed by atoms with E-state index in [0.29, 0.717) is 0 Å². The van der Waals surface area contributed by atoms with Crippen molar-refractivity contribution in [2.75, 3.05) is 0 Å². The fourth-order valence-electron chi connectivity index (χ4n) is 1.68. The van der Waals surface area contributed by atoms with E-state index in [-0.39, 0.29) is 28.5 Å². The van der Waals surface area contributed by atoms with Gasteiger partial charge in [0.2, 0.25) is 0 Å². The number of carbonyl (C=O) groups is 1. The normalized spacial score (nSPS) is 14.7. The second kappa shape index (κ2) is 7.23. The number of carbonyl (C=O) groups excluding carboxylic acids is 1. The van der Waals surface area contributed by atoms with Gasteiger partial charge in [0.15, 0.2) is 23.0 Å². The minimum Gasteiger partial charge on any atom is -0.480 e. The van der Waals surface area contributed by atoms with Crippen LogP contribution >= 0.6 is 0 Å². The molecule has 0 spiro atoms. The first-order valence-electron chi connectivity index (χ1n) is 6.53. The van der Waals surface area contributed by atoms with Crippen LogP contribution in [0.25, 0.3) is 0 Å².